The Kier molecular flexibility index (Phi) is 3.34. The Morgan fingerprint density at radius 1 is 1.41 bits per heavy atom. The van der Waals surface area contributed by atoms with Crippen LogP contribution in [0.4, 0.5) is 0 Å². The van der Waals surface area contributed by atoms with Crippen LogP contribution in [0.3, 0.4) is 0 Å². The van der Waals surface area contributed by atoms with Gasteiger partial charge in [0.25, 0.3) is 0 Å². The molecule has 1 aromatic rings. The molecule has 2 aliphatic heterocycles. The highest BCUT2D eigenvalue weighted by Crippen LogP contribution is 2.27. The van der Waals surface area contributed by atoms with E-state index < -0.39 is 0 Å². The summed E-state index contributed by atoms with van der Waals surface area (Å²) in [5.41, 5.74) is 0. The number of hydrogen-bond acceptors (Lipinski definition) is 4. The SMILES string of the molecule is O=C(CN1CC2CCC(C1)O2)c1ccc(Br)s1. The Morgan fingerprint density at radius 2 is 2.12 bits per heavy atom. The fraction of sp³-hybridized carbons (Fsp3) is 0.583. The molecule has 17 heavy (non-hydrogen) atoms. The number of ether oxygens (including phenoxy) is 1. The molecule has 0 aromatic carbocycles. The van der Waals surface area contributed by atoms with E-state index in [1.165, 1.54) is 11.3 Å². The fourth-order valence-corrected chi connectivity index (χ4v) is 3.89. The maximum absolute atomic E-state index is 12.1. The summed E-state index contributed by atoms with van der Waals surface area (Å²) < 4.78 is 6.78. The molecule has 3 rings (SSSR count). The highest BCUT2D eigenvalue weighted by Gasteiger charge is 2.34. The number of carbonyl (C=O) groups is 1. The van der Waals surface area contributed by atoms with Gasteiger partial charge in [-0.1, -0.05) is 0 Å². The van der Waals surface area contributed by atoms with Crippen molar-refractivity contribution < 1.29 is 9.53 Å². The normalized spacial score (nSPS) is 28.5. The average Bonchev–Trinajstić information content (AvgIpc) is 2.85. The van der Waals surface area contributed by atoms with Gasteiger partial charge in [0.15, 0.2) is 5.78 Å². The molecule has 0 saturated carbocycles. The van der Waals surface area contributed by atoms with Crippen molar-refractivity contribution >= 4 is 33.0 Å². The van der Waals surface area contributed by atoms with Gasteiger partial charge in [-0.25, -0.2) is 0 Å². The van der Waals surface area contributed by atoms with Crippen LogP contribution >= 0.6 is 27.3 Å². The number of thiophene rings is 1. The van der Waals surface area contributed by atoms with E-state index in [-0.39, 0.29) is 5.78 Å². The molecule has 3 nitrogen and oxygen atoms in total. The number of ketones is 1. The number of nitrogens with zero attached hydrogens (tertiary/aromatic N) is 1. The smallest absolute Gasteiger partial charge is 0.186 e. The van der Waals surface area contributed by atoms with E-state index in [2.05, 4.69) is 20.8 Å². The lowest BCUT2D eigenvalue weighted by Crippen LogP contribution is -2.44. The molecule has 1 aromatic heterocycles. The van der Waals surface area contributed by atoms with Crippen molar-refractivity contribution in [1.29, 1.82) is 0 Å². The minimum Gasteiger partial charge on any atom is -0.372 e. The van der Waals surface area contributed by atoms with Crippen LogP contribution in [-0.4, -0.2) is 42.5 Å². The molecule has 0 aliphatic carbocycles. The van der Waals surface area contributed by atoms with Gasteiger partial charge in [0.05, 0.1) is 27.4 Å². The molecular formula is C12H14BrNO2S. The van der Waals surface area contributed by atoms with Crippen molar-refractivity contribution in [3.05, 3.63) is 20.8 Å². The summed E-state index contributed by atoms with van der Waals surface area (Å²) in [5, 5.41) is 0. The number of rotatable bonds is 3. The third-order valence-corrected chi connectivity index (χ3v) is 5.00. The van der Waals surface area contributed by atoms with Crippen LogP contribution in [0, 0.1) is 0 Å². The highest BCUT2D eigenvalue weighted by molar-refractivity contribution is 9.11. The zero-order chi connectivity index (χ0) is 11.8. The lowest BCUT2D eigenvalue weighted by molar-refractivity contribution is -0.0355. The molecule has 2 fully saturated rings. The zero-order valence-electron chi connectivity index (χ0n) is 9.39. The third kappa shape index (κ3) is 2.62. The second-order valence-corrected chi connectivity index (χ2v) is 7.14. The number of likely N-dealkylation sites (tertiary alicyclic amines) is 1. The minimum atomic E-state index is 0.224. The van der Waals surface area contributed by atoms with Gasteiger partial charge in [0, 0.05) is 13.1 Å². The van der Waals surface area contributed by atoms with Gasteiger partial charge in [0.1, 0.15) is 0 Å². The summed E-state index contributed by atoms with van der Waals surface area (Å²) in [6.45, 7) is 2.35. The van der Waals surface area contributed by atoms with Crippen LogP contribution in [0.25, 0.3) is 0 Å². The van der Waals surface area contributed by atoms with Crippen LogP contribution in [0.5, 0.6) is 0 Å². The van der Waals surface area contributed by atoms with E-state index in [9.17, 15) is 4.79 Å². The molecule has 2 unspecified atom stereocenters. The zero-order valence-corrected chi connectivity index (χ0v) is 11.8. The minimum absolute atomic E-state index is 0.224. The Balaban J connectivity index is 1.62. The molecule has 2 saturated heterocycles. The summed E-state index contributed by atoms with van der Waals surface area (Å²) in [6, 6.07) is 3.83. The number of fused-ring (bicyclic) bond motifs is 2. The maximum Gasteiger partial charge on any atom is 0.186 e. The molecule has 0 radical (unpaired) electrons. The Morgan fingerprint density at radius 3 is 2.71 bits per heavy atom. The van der Waals surface area contributed by atoms with Gasteiger partial charge in [-0.05, 0) is 40.9 Å². The van der Waals surface area contributed by atoms with Crippen molar-refractivity contribution in [2.75, 3.05) is 19.6 Å². The Labute approximate surface area is 113 Å². The Hall–Kier alpha value is -0.230. The number of morpholine rings is 1. The summed E-state index contributed by atoms with van der Waals surface area (Å²) in [4.78, 5) is 15.1. The van der Waals surface area contributed by atoms with Crippen LogP contribution in [0.1, 0.15) is 22.5 Å². The summed E-state index contributed by atoms with van der Waals surface area (Å²) >= 11 is 4.90. The number of carbonyl (C=O) groups excluding carboxylic acids is 1. The Bertz CT molecular complexity index is 422. The maximum atomic E-state index is 12.1. The van der Waals surface area contributed by atoms with Gasteiger partial charge < -0.3 is 4.74 Å². The van der Waals surface area contributed by atoms with Crippen LogP contribution in [0.2, 0.25) is 0 Å². The molecule has 2 aliphatic rings. The molecule has 0 amide bonds. The second kappa shape index (κ2) is 4.80. The molecule has 2 bridgehead atoms. The first-order valence-corrected chi connectivity index (χ1v) is 7.48. The molecule has 3 heterocycles. The summed E-state index contributed by atoms with van der Waals surface area (Å²) in [5.74, 6) is 0.224. The number of Topliss-reactive ketones (excluding diaryl/α,β-unsaturated/α-hetero) is 1. The third-order valence-electron chi connectivity index (χ3n) is 3.33. The quantitative estimate of drug-likeness (QED) is 0.803. The lowest BCUT2D eigenvalue weighted by Gasteiger charge is -2.31. The monoisotopic (exact) mass is 315 g/mol. The predicted molar refractivity (Wildman–Crippen MR) is 70.7 cm³/mol. The van der Waals surface area contributed by atoms with Gasteiger partial charge in [-0.15, -0.1) is 11.3 Å². The molecular weight excluding hydrogens is 302 g/mol. The summed E-state index contributed by atoms with van der Waals surface area (Å²) in [7, 11) is 0. The highest BCUT2D eigenvalue weighted by atomic mass is 79.9. The van der Waals surface area contributed by atoms with E-state index >= 15 is 0 Å². The summed E-state index contributed by atoms with van der Waals surface area (Å²) in [6.07, 6.45) is 3.02. The fourth-order valence-electron chi connectivity index (χ4n) is 2.57. The van der Waals surface area contributed by atoms with E-state index in [1.807, 2.05) is 12.1 Å². The first-order valence-electron chi connectivity index (χ1n) is 5.87. The topological polar surface area (TPSA) is 29.5 Å². The average molecular weight is 316 g/mol. The van der Waals surface area contributed by atoms with Gasteiger partial charge in [-0.3, -0.25) is 9.69 Å². The van der Waals surface area contributed by atoms with E-state index in [0.717, 1.165) is 34.6 Å². The van der Waals surface area contributed by atoms with E-state index in [4.69, 9.17) is 4.74 Å². The van der Waals surface area contributed by atoms with Crippen LogP contribution in [-0.2, 0) is 4.74 Å². The van der Waals surface area contributed by atoms with Crippen molar-refractivity contribution in [3.63, 3.8) is 0 Å². The van der Waals surface area contributed by atoms with Crippen molar-refractivity contribution in [3.8, 4) is 0 Å². The molecule has 0 spiro atoms. The number of halogens is 1. The van der Waals surface area contributed by atoms with Gasteiger partial charge in [0.2, 0.25) is 0 Å². The second-order valence-electron chi connectivity index (χ2n) is 4.68. The molecule has 92 valence electrons. The van der Waals surface area contributed by atoms with Crippen molar-refractivity contribution in [1.82, 2.24) is 4.90 Å². The van der Waals surface area contributed by atoms with Crippen LogP contribution in [0.15, 0.2) is 15.9 Å². The largest absolute Gasteiger partial charge is 0.372 e. The first kappa shape index (κ1) is 11.8. The van der Waals surface area contributed by atoms with Gasteiger partial charge in [-0.2, -0.15) is 0 Å². The first-order chi connectivity index (χ1) is 8.20. The molecule has 0 N–H and O–H groups in total. The lowest BCUT2D eigenvalue weighted by atomic mass is 10.2. The van der Waals surface area contributed by atoms with Crippen molar-refractivity contribution in [2.45, 2.75) is 25.0 Å². The molecule has 2 atom stereocenters. The van der Waals surface area contributed by atoms with Crippen LogP contribution < -0.4 is 0 Å². The van der Waals surface area contributed by atoms with Gasteiger partial charge >= 0.3 is 0 Å². The van der Waals surface area contributed by atoms with E-state index in [1.54, 1.807) is 0 Å². The van der Waals surface area contributed by atoms with E-state index in [0.29, 0.717) is 18.8 Å². The molecule has 5 heteroatoms. The van der Waals surface area contributed by atoms with Crippen molar-refractivity contribution in [2.24, 2.45) is 0 Å². The standard InChI is InChI=1S/C12H14BrNO2S/c13-12-4-3-11(17-12)10(15)7-14-5-8-1-2-9(6-14)16-8/h3-4,8-9H,1-2,5-7H2. The number of hydrogen-bond donors (Lipinski definition) is 0. The predicted octanol–water partition coefficient (Wildman–Crippen LogP) is 2.56.